The molecule has 1 aromatic heterocycles. The summed E-state index contributed by atoms with van der Waals surface area (Å²) in [6.45, 7) is 6.47. The topological polar surface area (TPSA) is 76.4 Å². The third-order valence-electron chi connectivity index (χ3n) is 4.29. The van der Waals surface area contributed by atoms with Gasteiger partial charge >= 0.3 is 0 Å². The number of phenolic OH excluding ortho intramolecular Hbond substituents is 1. The first-order chi connectivity index (χ1) is 11.8. The van der Waals surface area contributed by atoms with Gasteiger partial charge in [0.1, 0.15) is 5.69 Å². The standard InChI is InChI=1S/C19H25N3O3/c1-19(2,3)22-15(10-14(21-22)13-6-7-13)18(24)20-11-12-5-8-16(23)17(9-12)25-4/h5,8-10,13,23H,6-7,11H2,1-4H3,(H,20,24). The predicted molar refractivity (Wildman–Crippen MR) is 95.0 cm³/mol. The number of hydrogen-bond donors (Lipinski definition) is 2. The molecule has 0 aliphatic heterocycles. The Morgan fingerprint density at radius 2 is 2.08 bits per heavy atom. The summed E-state index contributed by atoms with van der Waals surface area (Å²) in [5.41, 5.74) is 2.18. The summed E-state index contributed by atoms with van der Waals surface area (Å²) in [6.07, 6.45) is 2.30. The molecular weight excluding hydrogens is 318 g/mol. The molecule has 0 saturated heterocycles. The van der Waals surface area contributed by atoms with Gasteiger partial charge in [-0.05, 0) is 57.4 Å². The lowest BCUT2D eigenvalue weighted by Crippen LogP contribution is -2.32. The summed E-state index contributed by atoms with van der Waals surface area (Å²) in [4.78, 5) is 12.7. The number of benzene rings is 1. The van der Waals surface area contributed by atoms with Crippen LogP contribution in [0.15, 0.2) is 24.3 Å². The highest BCUT2D eigenvalue weighted by molar-refractivity contribution is 5.92. The molecule has 0 bridgehead atoms. The van der Waals surface area contributed by atoms with Crippen LogP contribution in [0.3, 0.4) is 0 Å². The van der Waals surface area contributed by atoms with E-state index < -0.39 is 0 Å². The molecule has 3 rings (SSSR count). The molecule has 1 amide bonds. The lowest BCUT2D eigenvalue weighted by molar-refractivity contribution is 0.0932. The molecule has 0 radical (unpaired) electrons. The number of nitrogens with zero attached hydrogens (tertiary/aromatic N) is 2. The molecule has 6 heteroatoms. The fraction of sp³-hybridized carbons (Fsp3) is 0.474. The highest BCUT2D eigenvalue weighted by atomic mass is 16.5. The third-order valence-corrected chi connectivity index (χ3v) is 4.29. The van der Waals surface area contributed by atoms with Gasteiger partial charge in [-0.3, -0.25) is 9.48 Å². The first kappa shape index (κ1) is 17.3. The Kier molecular flexibility index (Phi) is 4.45. The normalized spacial score (nSPS) is 14.4. The Morgan fingerprint density at radius 3 is 2.68 bits per heavy atom. The molecular formula is C19H25N3O3. The fourth-order valence-corrected chi connectivity index (χ4v) is 2.76. The molecule has 0 spiro atoms. The number of aromatic nitrogens is 2. The van der Waals surface area contributed by atoms with E-state index in [2.05, 4.69) is 10.4 Å². The molecule has 1 aromatic carbocycles. The summed E-state index contributed by atoms with van der Waals surface area (Å²) in [7, 11) is 1.50. The van der Waals surface area contributed by atoms with Gasteiger partial charge in [-0.15, -0.1) is 0 Å². The lowest BCUT2D eigenvalue weighted by atomic mass is 10.1. The quantitative estimate of drug-likeness (QED) is 0.874. The second-order valence-electron chi connectivity index (χ2n) is 7.50. The van der Waals surface area contributed by atoms with Crippen LogP contribution in [0.1, 0.15) is 61.3 Å². The van der Waals surface area contributed by atoms with Crippen molar-refractivity contribution in [2.45, 2.75) is 51.6 Å². The molecule has 0 atom stereocenters. The van der Waals surface area contributed by atoms with Gasteiger partial charge in [0.2, 0.25) is 0 Å². The van der Waals surface area contributed by atoms with Crippen molar-refractivity contribution in [2.75, 3.05) is 7.11 Å². The predicted octanol–water partition coefficient (Wildman–Crippen LogP) is 3.16. The molecule has 2 N–H and O–H groups in total. The first-order valence-corrected chi connectivity index (χ1v) is 8.54. The van der Waals surface area contributed by atoms with Crippen molar-refractivity contribution in [1.82, 2.24) is 15.1 Å². The Bertz CT molecular complexity index is 786. The number of aromatic hydroxyl groups is 1. The van der Waals surface area contributed by atoms with Crippen LogP contribution >= 0.6 is 0 Å². The van der Waals surface area contributed by atoms with Gasteiger partial charge in [0.25, 0.3) is 5.91 Å². The van der Waals surface area contributed by atoms with E-state index in [1.807, 2.05) is 31.5 Å². The molecule has 1 fully saturated rings. The molecule has 1 aliphatic rings. The van der Waals surface area contributed by atoms with Crippen molar-refractivity contribution < 1.29 is 14.6 Å². The van der Waals surface area contributed by atoms with Gasteiger partial charge in [-0.1, -0.05) is 6.07 Å². The maximum absolute atomic E-state index is 12.7. The maximum Gasteiger partial charge on any atom is 0.269 e. The number of phenols is 1. The summed E-state index contributed by atoms with van der Waals surface area (Å²) in [6, 6.07) is 6.95. The van der Waals surface area contributed by atoms with Crippen LogP contribution in [-0.4, -0.2) is 27.9 Å². The van der Waals surface area contributed by atoms with Crippen LogP contribution in [0.4, 0.5) is 0 Å². The SMILES string of the molecule is COc1cc(CNC(=O)c2cc(C3CC3)nn2C(C)(C)C)ccc1O. The number of carbonyl (C=O) groups is 1. The summed E-state index contributed by atoms with van der Waals surface area (Å²) >= 11 is 0. The van der Waals surface area contributed by atoms with E-state index >= 15 is 0 Å². The Balaban J connectivity index is 1.77. The number of nitrogens with one attached hydrogen (secondary N) is 1. The van der Waals surface area contributed by atoms with Crippen molar-refractivity contribution in [2.24, 2.45) is 0 Å². The van der Waals surface area contributed by atoms with Crippen LogP contribution in [0.2, 0.25) is 0 Å². The van der Waals surface area contributed by atoms with Crippen LogP contribution in [0.5, 0.6) is 11.5 Å². The highest BCUT2D eigenvalue weighted by Crippen LogP contribution is 2.40. The molecule has 1 aliphatic carbocycles. The van der Waals surface area contributed by atoms with E-state index in [9.17, 15) is 9.90 Å². The van der Waals surface area contributed by atoms with E-state index in [4.69, 9.17) is 4.74 Å². The minimum Gasteiger partial charge on any atom is -0.504 e. The molecule has 2 aromatic rings. The highest BCUT2D eigenvalue weighted by Gasteiger charge is 2.31. The number of amides is 1. The van der Waals surface area contributed by atoms with E-state index in [1.54, 1.807) is 18.2 Å². The number of rotatable bonds is 5. The second kappa shape index (κ2) is 6.43. The van der Waals surface area contributed by atoms with Crippen molar-refractivity contribution in [3.63, 3.8) is 0 Å². The number of hydrogen-bond acceptors (Lipinski definition) is 4. The van der Waals surface area contributed by atoms with E-state index in [0.29, 0.717) is 23.9 Å². The zero-order valence-electron chi connectivity index (χ0n) is 15.2. The van der Waals surface area contributed by atoms with E-state index in [0.717, 1.165) is 24.1 Å². The zero-order chi connectivity index (χ0) is 18.2. The van der Waals surface area contributed by atoms with E-state index in [1.165, 1.54) is 7.11 Å². The van der Waals surface area contributed by atoms with Gasteiger partial charge in [0, 0.05) is 12.5 Å². The van der Waals surface area contributed by atoms with Crippen molar-refractivity contribution in [1.29, 1.82) is 0 Å². The minimum absolute atomic E-state index is 0.0810. The smallest absolute Gasteiger partial charge is 0.269 e. The maximum atomic E-state index is 12.7. The van der Waals surface area contributed by atoms with Crippen molar-refractivity contribution in [3.05, 3.63) is 41.2 Å². The first-order valence-electron chi connectivity index (χ1n) is 8.54. The van der Waals surface area contributed by atoms with Crippen molar-refractivity contribution >= 4 is 5.91 Å². The monoisotopic (exact) mass is 343 g/mol. The second-order valence-corrected chi connectivity index (χ2v) is 7.50. The van der Waals surface area contributed by atoms with E-state index in [-0.39, 0.29) is 17.2 Å². The molecule has 134 valence electrons. The average molecular weight is 343 g/mol. The average Bonchev–Trinajstić information content (AvgIpc) is 3.30. The van der Waals surface area contributed by atoms with Crippen LogP contribution in [0, 0.1) is 0 Å². The van der Waals surface area contributed by atoms with Gasteiger partial charge in [0.15, 0.2) is 11.5 Å². The minimum atomic E-state index is -0.262. The van der Waals surface area contributed by atoms with Crippen LogP contribution < -0.4 is 10.1 Å². The van der Waals surface area contributed by atoms with Gasteiger partial charge in [0.05, 0.1) is 18.3 Å². The summed E-state index contributed by atoms with van der Waals surface area (Å²) < 4.78 is 6.91. The zero-order valence-corrected chi connectivity index (χ0v) is 15.2. The van der Waals surface area contributed by atoms with Crippen LogP contribution in [0.25, 0.3) is 0 Å². The molecule has 6 nitrogen and oxygen atoms in total. The van der Waals surface area contributed by atoms with Crippen molar-refractivity contribution in [3.8, 4) is 11.5 Å². The summed E-state index contributed by atoms with van der Waals surface area (Å²) in [5, 5.41) is 17.2. The Morgan fingerprint density at radius 1 is 1.36 bits per heavy atom. The number of carbonyl (C=O) groups excluding carboxylic acids is 1. The largest absolute Gasteiger partial charge is 0.504 e. The molecule has 1 heterocycles. The van der Waals surface area contributed by atoms with Gasteiger partial charge in [-0.25, -0.2) is 0 Å². The molecule has 25 heavy (non-hydrogen) atoms. The van der Waals surface area contributed by atoms with Crippen LogP contribution in [-0.2, 0) is 12.1 Å². The number of methoxy groups -OCH3 is 1. The molecule has 0 unspecified atom stereocenters. The Labute approximate surface area is 147 Å². The van der Waals surface area contributed by atoms with Gasteiger partial charge < -0.3 is 15.2 Å². The molecule has 1 saturated carbocycles. The fourth-order valence-electron chi connectivity index (χ4n) is 2.76. The summed E-state index contributed by atoms with van der Waals surface area (Å²) in [5.74, 6) is 0.817. The van der Waals surface area contributed by atoms with Gasteiger partial charge in [-0.2, -0.15) is 5.10 Å². The third kappa shape index (κ3) is 3.78. The number of ether oxygens (including phenoxy) is 1. The Hall–Kier alpha value is -2.50. The lowest BCUT2D eigenvalue weighted by Gasteiger charge is -2.22.